The fourth-order valence-electron chi connectivity index (χ4n) is 1.79. The van der Waals surface area contributed by atoms with Crippen LogP contribution in [0.1, 0.15) is 30.2 Å². The highest BCUT2D eigenvalue weighted by atomic mass is 16.3. The van der Waals surface area contributed by atoms with Crippen molar-refractivity contribution in [3.8, 4) is 0 Å². The predicted molar refractivity (Wildman–Crippen MR) is 43.4 cm³/mol. The Morgan fingerprint density at radius 3 is 3.36 bits per heavy atom. The summed E-state index contributed by atoms with van der Waals surface area (Å²) >= 11 is 0. The van der Waals surface area contributed by atoms with Gasteiger partial charge in [-0.25, -0.2) is 0 Å². The number of nitrogens with one attached hydrogen (secondary N) is 1. The van der Waals surface area contributed by atoms with E-state index >= 15 is 0 Å². The molecule has 0 saturated heterocycles. The van der Waals surface area contributed by atoms with Crippen LogP contribution in [-0.2, 0) is 6.42 Å². The average molecular weight is 151 g/mol. The molecule has 2 rings (SSSR count). The van der Waals surface area contributed by atoms with Crippen LogP contribution in [0.3, 0.4) is 0 Å². The van der Waals surface area contributed by atoms with E-state index in [1.54, 1.807) is 6.26 Å². The van der Waals surface area contributed by atoms with Gasteiger partial charge >= 0.3 is 0 Å². The molecule has 11 heavy (non-hydrogen) atoms. The Hall–Kier alpha value is -0.760. The lowest BCUT2D eigenvalue weighted by molar-refractivity contribution is 0.428. The lowest BCUT2D eigenvalue weighted by Gasteiger charge is -2.20. The quantitative estimate of drug-likeness (QED) is 0.663. The van der Waals surface area contributed by atoms with Gasteiger partial charge in [-0.15, -0.1) is 0 Å². The maximum Gasteiger partial charge on any atom is 0.108 e. The summed E-state index contributed by atoms with van der Waals surface area (Å²) in [4.78, 5) is 0. The Morgan fingerprint density at radius 2 is 2.55 bits per heavy atom. The summed E-state index contributed by atoms with van der Waals surface area (Å²) in [7, 11) is 2.01. The van der Waals surface area contributed by atoms with E-state index in [2.05, 4.69) is 11.4 Å². The van der Waals surface area contributed by atoms with Gasteiger partial charge in [0.2, 0.25) is 0 Å². The number of fused-ring (bicyclic) bond motifs is 1. The number of hydrogen-bond donors (Lipinski definition) is 1. The van der Waals surface area contributed by atoms with E-state index in [0.29, 0.717) is 6.04 Å². The van der Waals surface area contributed by atoms with Crippen molar-refractivity contribution in [1.29, 1.82) is 0 Å². The van der Waals surface area contributed by atoms with Gasteiger partial charge in [-0.05, 0) is 26.0 Å². The van der Waals surface area contributed by atoms with Crippen LogP contribution in [0.2, 0.25) is 0 Å². The molecular formula is C9H13NO. The smallest absolute Gasteiger partial charge is 0.108 e. The molecule has 0 aliphatic heterocycles. The first-order valence-electron chi connectivity index (χ1n) is 4.15. The van der Waals surface area contributed by atoms with Gasteiger partial charge in [0.05, 0.1) is 6.26 Å². The minimum Gasteiger partial charge on any atom is -0.469 e. The zero-order chi connectivity index (χ0) is 7.68. The highest BCUT2D eigenvalue weighted by Crippen LogP contribution is 2.29. The standard InChI is InChI=1S/C9H13NO/c1-10-8-3-2-4-9-7(8)5-6-11-9/h5-6,8,10H,2-4H2,1H3. The van der Waals surface area contributed by atoms with Crippen molar-refractivity contribution < 1.29 is 4.42 Å². The van der Waals surface area contributed by atoms with Crippen LogP contribution in [0.15, 0.2) is 16.7 Å². The molecule has 2 nitrogen and oxygen atoms in total. The Bertz CT molecular complexity index is 241. The van der Waals surface area contributed by atoms with Gasteiger partial charge in [-0.3, -0.25) is 0 Å². The Balaban J connectivity index is 2.32. The third-order valence-corrected chi connectivity index (χ3v) is 2.40. The summed E-state index contributed by atoms with van der Waals surface area (Å²) in [6.07, 6.45) is 5.38. The molecule has 0 saturated carbocycles. The van der Waals surface area contributed by atoms with Crippen molar-refractivity contribution in [2.45, 2.75) is 25.3 Å². The van der Waals surface area contributed by atoms with Crippen molar-refractivity contribution >= 4 is 0 Å². The zero-order valence-corrected chi connectivity index (χ0v) is 6.76. The van der Waals surface area contributed by atoms with Crippen LogP contribution >= 0.6 is 0 Å². The maximum absolute atomic E-state index is 5.35. The lowest BCUT2D eigenvalue weighted by atomic mass is 9.94. The number of aryl methyl sites for hydroxylation is 1. The highest BCUT2D eigenvalue weighted by molar-refractivity contribution is 5.23. The third kappa shape index (κ3) is 1.07. The topological polar surface area (TPSA) is 25.2 Å². The zero-order valence-electron chi connectivity index (χ0n) is 6.76. The van der Waals surface area contributed by atoms with E-state index in [1.807, 2.05) is 7.05 Å². The van der Waals surface area contributed by atoms with Gasteiger partial charge in [0.15, 0.2) is 0 Å². The van der Waals surface area contributed by atoms with E-state index in [1.165, 1.54) is 24.2 Å². The van der Waals surface area contributed by atoms with E-state index in [-0.39, 0.29) is 0 Å². The van der Waals surface area contributed by atoms with Crippen molar-refractivity contribution in [1.82, 2.24) is 5.32 Å². The van der Waals surface area contributed by atoms with Gasteiger partial charge in [0, 0.05) is 18.0 Å². The van der Waals surface area contributed by atoms with E-state index in [9.17, 15) is 0 Å². The fourth-order valence-corrected chi connectivity index (χ4v) is 1.79. The summed E-state index contributed by atoms with van der Waals surface area (Å²) in [6, 6.07) is 2.60. The van der Waals surface area contributed by atoms with Gasteiger partial charge in [-0.2, -0.15) is 0 Å². The SMILES string of the molecule is CNC1CCCc2occc21. The Morgan fingerprint density at radius 1 is 1.64 bits per heavy atom. The maximum atomic E-state index is 5.35. The molecule has 1 unspecified atom stereocenters. The molecule has 0 aromatic carbocycles. The molecule has 2 heteroatoms. The second-order valence-corrected chi connectivity index (χ2v) is 3.03. The minimum atomic E-state index is 0.525. The lowest BCUT2D eigenvalue weighted by Crippen LogP contribution is -2.20. The second-order valence-electron chi connectivity index (χ2n) is 3.03. The van der Waals surface area contributed by atoms with Gasteiger partial charge in [0.25, 0.3) is 0 Å². The molecule has 1 atom stereocenters. The first-order valence-corrected chi connectivity index (χ1v) is 4.15. The second kappa shape index (κ2) is 2.70. The number of hydrogen-bond acceptors (Lipinski definition) is 2. The monoisotopic (exact) mass is 151 g/mol. The predicted octanol–water partition coefficient (Wildman–Crippen LogP) is 1.88. The molecule has 1 N–H and O–H groups in total. The normalized spacial score (nSPS) is 23.2. The molecule has 0 spiro atoms. The van der Waals surface area contributed by atoms with Crippen molar-refractivity contribution in [3.63, 3.8) is 0 Å². The molecule has 0 radical (unpaired) electrons. The van der Waals surface area contributed by atoms with Crippen LogP contribution in [0, 0.1) is 0 Å². The molecular weight excluding hydrogens is 138 g/mol. The summed E-state index contributed by atoms with van der Waals surface area (Å²) < 4.78 is 5.35. The average Bonchev–Trinajstić information content (AvgIpc) is 2.50. The molecule has 1 aromatic rings. The van der Waals surface area contributed by atoms with Crippen LogP contribution in [-0.4, -0.2) is 7.05 Å². The van der Waals surface area contributed by atoms with E-state index < -0.39 is 0 Å². The molecule has 0 bridgehead atoms. The number of rotatable bonds is 1. The first kappa shape index (κ1) is 6.92. The Kier molecular flexibility index (Phi) is 1.70. The summed E-state index contributed by atoms with van der Waals surface area (Å²) in [5, 5.41) is 3.29. The highest BCUT2D eigenvalue weighted by Gasteiger charge is 2.20. The third-order valence-electron chi connectivity index (χ3n) is 2.40. The van der Waals surface area contributed by atoms with Crippen LogP contribution in [0.25, 0.3) is 0 Å². The molecule has 1 aliphatic rings. The largest absolute Gasteiger partial charge is 0.469 e. The van der Waals surface area contributed by atoms with Crippen LogP contribution in [0.5, 0.6) is 0 Å². The minimum absolute atomic E-state index is 0.525. The molecule has 1 heterocycles. The summed E-state index contributed by atoms with van der Waals surface area (Å²) in [5.74, 6) is 1.18. The molecule has 60 valence electrons. The van der Waals surface area contributed by atoms with E-state index in [0.717, 1.165) is 6.42 Å². The summed E-state index contributed by atoms with van der Waals surface area (Å²) in [6.45, 7) is 0. The van der Waals surface area contributed by atoms with Crippen molar-refractivity contribution in [2.24, 2.45) is 0 Å². The number of furan rings is 1. The van der Waals surface area contributed by atoms with Gasteiger partial charge in [-0.1, -0.05) is 0 Å². The molecule has 1 aromatic heterocycles. The van der Waals surface area contributed by atoms with Gasteiger partial charge < -0.3 is 9.73 Å². The van der Waals surface area contributed by atoms with E-state index in [4.69, 9.17) is 4.42 Å². The molecule has 0 amide bonds. The molecule has 1 aliphatic carbocycles. The molecule has 0 fully saturated rings. The van der Waals surface area contributed by atoms with Crippen molar-refractivity contribution in [3.05, 3.63) is 23.7 Å². The summed E-state index contributed by atoms with van der Waals surface area (Å²) in [5.41, 5.74) is 1.36. The van der Waals surface area contributed by atoms with Crippen LogP contribution < -0.4 is 5.32 Å². The fraction of sp³-hybridized carbons (Fsp3) is 0.556. The van der Waals surface area contributed by atoms with Gasteiger partial charge in [0.1, 0.15) is 5.76 Å². The first-order chi connectivity index (χ1) is 5.42. The van der Waals surface area contributed by atoms with Crippen LogP contribution in [0.4, 0.5) is 0 Å². The Labute approximate surface area is 66.6 Å². The van der Waals surface area contributed by atoms with Crippen molar-refractivity contribution in [2.75, 3.05) is 7.05 Å².